The second kappa shape index (κ2) is 6.26. The molecular weight excluding hydrogens is 288 g/mol. The molecule has 2 aromatic heterocycles. The van der Waals surface area contributed by atoms with Gasteiger partial charge in [-0.1, -0.05) is 23.1 Å². The van der Waals surface area contributed by atoms with Gasteiger partial charge in [0.25, 0.3) is 0 Å². The number of nitrogens with one attached hydrogen (secondary N) is 1. The highest BCUT2D eigenvalue weighted by molar-refractivity contribution is 8.01. The zero-order valence-electron chi connectivity index (χ0n) is 9.97. The summed E-state index contributed by atoms with van der Waals surface area (Å²) >= 11 is 4.54. The van der Waals surface area contributed by atoms with Gasteiger partial charge in [-0.3, -0.25) is 4.79 Å². The fourth-order valence-electron chi connectivity index (χ4n) is 1.16. The summed E-state index contributed by atoms with van der Waals surface area (Å²) in [5.41, 5.74) is 0.925. The van der Waals surface area contributed by atoms with Crippen LogP contribution in [-0.2, 0) is 4.79 Å². The zero-order valence-corrected chi connectivity index (χ0v) is 12.4. The number of thiazole rings is 1. The van der Waals surface area contributed by atoms with Crippen LogP contribution in [0.25, 0.3) is 0 Å². The summed E-state index contributed by atoms with van der Waals surface area (Å²) in [6.07, 6.45) is 0.446. The highest BCUT2D eigenvalue weighted by Crippen LogP contribution is 2.22. The molecule has 0 aromatic carbocycles. The van der Waals surface area contributed by atoms with E-state index in [2.05, 4.69) is 20.5 Å². The van der Waals surface area contributed by atoms with E-state index < -0.39 is 0 Å². The fraction of sp³-hybridized carbons (Fsp3) is 0.400. The van der Waals surface area contributed by atoms with Gasteiger partial charge >= 0.3 is 0 Å². The Bertz CT molecular complexity index is 537. The number of aromatic nitrogens is 3. The van der Waals surface area contributed by atoms with Crippen molar-refractivity contribution in [1.29, 1.82) is 0 Å². The van der Waals surface area contributed by atoms with Crippen LogP contribution in [0.4, 0.5) is 5.13 Å². The lowest BCUT2D eigenvalue weighted by Crippen LogP contribution is -2.11. The van der Waals surface area contributed by atoms with Crippen molar-refractivity contribution in [3.8, 4) is 0 Å². The van der Waals surface area contributed by atoms with Crippen molar-refractivity contribution in [2.24, 2.45) is 0 Å². The van der Waals surface area contributed by atoms with Crippen molar-refractivity contribution in [3.05, 3.63) is 16.1 Å². The van der Waals surface area contributed by atoms with Gasteiger partial charge in [-0.15, -0.1) is 21.5 Å². The predicted molar refractivity (Wildman–Crippen MR) is 75.5 cm³/mol. The number of carbonyl (C=O) groups is 1. The fourth-order valence-corrected chi connectivity index (χ4v) is 3.69. The monoisotopic (exact) mass is 300 g/mol. The van der Waals surface area contributed by atoms with E-state index in [1.807, 2.05) is 19.2 Å². The summed E-state index contributed by atoms with van der Waals surface area (Å²) in [6.45, 7) is 3.82. The minimum atomic E-state index is -0.0157. The van der Waals surface area contributed by atoms with Gasteiger partial charge in [0.2, 0.25) is 5.91 Å². The summed E-state index contributed by atoms with van der Waals surface area (Å²) in [5.74, 6) is 0.684. The number of hydrogen-bond donors (Lipinski definition) is 1. The summed E-state index contributed by atoms with van der Waals surface area (Å²) in [4.78, 5) is 15.8. The third-order valence-electron chi connectivity index (χ3n) is 1.93. The normalized spacial score (nSPS) is 10.6. The Hall–Kier alpha value is -0.990. The number of carbonyl (C=O) groups excluding carboxylic acids is 1. The molecule has 0 fully saturated rings. The average molecular weight is 300 g/mol. The lowest BCUT2D eigenvalue weighted by molar-refractivity contribution is -0.115. The van der Waals surface area contributed by atoms with Gasteiger partial charge in [0.15, 0.2) is 9.47 Å². The van der Waals surface area contributed by atoms with Crippen LogP contribution in [-0.4, -0.2) is 26.8 Å². The topological polar surface area (TPSA) is 67.8 Å². The molecule has 0 radical (unpaired) electrons. The Morgan fingerprint density at radius 1 is 1.44 bits per heavy atom. The number of amides is 1. The van der Waals surface area contributed by atoms with E-state index in [1.54, 1.807) is 23.1 Å². The SMILES string of the molecule is Cc1csc(NC(=O)CCSc2nnc(C)s2)n1. The summed E-state index contributed by atoms with van der Waals surface area (Å²) in [6, 6.07) is 0. The molecule has 0 unspecified atom stereocenters. The molecule has 0 aliphatic heterocycles. The molecule has 8 heteroatoms. The molecule has 0 aliphatic rings. The van der Waals surface area contributed by atoms with Crippen LogP contribution in [0.3, 0.4) is 0 Å². The highest BCUT2D eigenvalue weighted by Gasteiger charge is 2.07. The highest BCUT2D eigenvalue weighted by atomic mass is 32.2. The van der Waals surface area contributed by atoms with E-state index >= 15 is 0 Å². The number of nitrogens with zero attached hydrogens (tertiary/aromatic N) is 3. The van der Waals surface area contributed by atoms with Gasteiger partial charge in [0, 0.05) is 17.6 Å². The van der Waals surface area contributed by atoms with Gasteiger partial charge in [-0.25, -0.2) is 4.98 Å². The lowest BCUT2D eigenvalue weighted by Gasteiger charge is -1.99. The van der Waals surface area contributed by atoms with Crippen LogP contribution < -0.4 is 5.32 Å². The van der Waals surface area contributed by atoms with Crippen molar-refractivity contribution in [3.63, 3.8) is 0 Å². The van der Waals surface area contributed by atoms with Crippen LogP contribution in [0, 0.1) is 13.8 Å². The van der Waals surface area contributed by atoms with E-state index in [9.17, 15) is 4.79 Å². The quantitative estimate of drug-likeness (QED) is 0.860. The van der Waals surface area contributed by atoms with Gasteiger partial charge in [0.1, 0.15) is 5.01 Å². The number of anilines is 1. The standard InChI is InChI=1S/C10H12N4OS3/c1-6-5-17-9(11-6)12-8(15)3-4-16-10-14-13-7(2)18-10/h5H,3-4H2,1-2H3,(H,11,12,15). The van der Waals surface area contributed by atoms with Crippen molar-refractivity contribution >= 4 is 45.5 Å². The number of thioether (sulfide) groups is 1. The Labute approximate surface area is 117 Å². The molecule has 1 N–H and O–H groups in total. The number of aryl methyl sites for hydroxylation is 2. The van der Waals surface area contributed by atoms with Gasteiger partial charge in [0.05, 0.1) is 5.69 Å². The molecule has 96 valence electrons. The third-order valence-corrected chi connectivity index (χ3v) is 4.78. The first-order chi connectivity index (χ1) is 8.63. The molecule has 18 heavy (non-hydrogen) atoms. The van der Waals surface area contributed by atoms with Gasteiger partial charge < -0.3 is 5.32 Å². The minimum Gasteiger partial charge on any atom is -0.302 e. The van der Waals surface area contributed by atoms with Crippen molar-refractivity contribution in [2.45, 2.75) is 24.6 Å². The summed E-state index contributed by atoms with van der Waals surface area (Å²) in [5, 5.41) is 14.2. The largest absolute Gasteiger partial charge is 0.302 e. The van der Waals surface area contributed by atoms with Crippen LogP contribution in [0.5, 0.6) is 0 Å². The average Bonchev–Trinajstić information content (AvgIpc) is 2.88. The molecule has 5 nitrogen and oxygen atoms in total. The first kappa shape index (κ1) is 13.4. The summed E-state index contributed by atoms with van der Waals surface area (Å²) < 4.78 is 0.908. The van der Waals surface area contributed by atoms with Crippen LogP contribution in [0.1, 0.15) is 17.1 Å². The van der Waals surface area contributed by atoms with E-state index in [0.717, 1.165) is 15.0 Å². The minimum absolute atomic E-state index is 0.0157. The van der Waals surface area contributed by atoms with Crippen molar-refractivity contribution < 1.29 is 4.79 Å². The molecule has 0 atom stereocenters. The molecular formula is C10H12N4OS3. The molecule has 0 saturated carbocycles. The molecule has 1 amide bonds. The molecule has 0 saturated heterocycles. The first-order valence-electron chi connectivity index (χ1n) is 5.28. The maximum atomic E-state index is 11.6. The Balaban J connectivity index is 1.72. The third kappa shape index (κ3) is 4.04. The van der Waals surface area contributed by atoms with E-state index in [0.29, 0.717) is 17.3 Å². The predicted octanol–water partition coefficient (Wildman–Crippen LogP) is 2.73. The molecule has 0 spiro atoms. The van der Waals surface area contributed by atoms with E-state index in [-0.39, 0.29) is 5.91 Å². The van der Waals surface area contributed by atoms with Crippen LogP contribution in [0.15, 0.2) is 9.72 Å². The van der Waals surface area contributed by atoms with E-state index in [4.69, 9.17) is 0 Å². The molecule has 2 rings (SSSR count). The van der Waals surface area contributed by atoms with Crippen LogP contribution in [0.2, 0.25) is 0 Å². The Kier molecular flexibility index (Phi) is 4.67. The molecule has 0 aliphatic carbocycles. The van der Waals surface area contributed by atoms with Crippen molar-refractivity contribution in [1.82, 2.24) is 15.2 Å². The second-order valence-corrected chi connectivity index (χ2v) is 6.91. The zero-order chi connectivity index (χ0) is 13.0. The lowest BCUT2D eigenvalue weighted by atomic mass is 10.4. The number of hydrogen-bond acceptors (Lipinski definition) is 7. The first-order valence-corrected chi connectivity index (χ1v) is 7.96. The van der Waals surface area contributed by atoms with E-state index in [1.165, 1.54) is 11.3 Å². The Morgan fingerprint density at radius 2 is 2.28 bits per heavy atom. The molecule has 0 bridgehead atoms. The molecule has 2 heterocycles. The Morgan fingerprint density at radius 3 is 2.89 bits per heavy atom. The molecule has 2 aromatic rings. The van der Waals surface area contributed by atoms with Crippen LogP contribution >= 0.6 is 34.4 Å². The maximum absolute atomic E-state index is 11.6. The maximum Gasteiger partial charge on any atom is 0.226 e. The van der Waals surface area contributed by atoms with Gasteiger partial charge in [-0.2, -0.15) is 0 Å². The summed E-state index contributed by atoms with van der Waals surface area (Å²) in [7, 11) is 0. The smallest absolute Gasteiger partial charge is 0.226 e. The van der Waals surface area contributed by atoms with Crippen molar-refractivity contribution in [2.75, 3.05) is 11.1 Å². The second-order valence-electron chi connectivity index (χ2n) is 3.53. The van der Waals surface area contributed by atoms with Gasteiger partial charge in [-0.05, 0) is 13.8 Å². The number of rotatable bonds is 5.